The largest absolute Gasteiger partial charge is 0.497 e. The van der Waals surface area contributed by atoms with E-state index in [-0.39, 0.29) is 17.8 Å². The van der Waals surface area contributed by atoms with Crippen molar-refractivity contribution in [1.29, 1.82) is 0 Å². The maximum Gasteiger partial charge on any atom is 0.234 e. The Morgan fingerprint density at radius 3 is 2.66 bits per heavy atom. The molecule has 1 amide bonds. The molecule has 3 aromatic rings. The van der Waals surface area contributed by atoms with Gasteiger partial charge in [-0.05, 0) is 43.3 Å². The molecule has 9 heteroatoms. The minimum Gasteiger partial charge on any atom is -0.497 e. The smallest absolute Gasteiger partial charge is 0.234 e. The van der Waals surface area contributed by atoms with E-state index in [0.29, 0.717) is 16.7 Å². The Hall–Kier alpha value is -2.52. The number of anilines is 1. The number of nitrogens with one attached hydrogen (secondary N) is 1. The molecule has 0 saturated heterocycles. The number of benzene rings is 2. The topological polar surface area (TPSA) is 78.3 Å². The second-order valence-corrected chi connectivity index (χ2v) is 8.04. The third kappa shape index (κ3) is 5.74. The van der Waals surface area contributed by atoms with Crippen molar-refractivity contribution in [2.75, 3.05) is 18.2 Å². The van der Waals surface area contributed by atoms with Crippen LogP contribution in [-0.2, 0) is 11.8 Å². The number of ether oxygens (including phenoxy) is 2. The summed E-state index contributed by atoms with van der Waals surface area (Å²) in [5.74, 6) is 2.20. The standard InChI is InChI=1S/C20H21BrN4O3S/c1-13(28-17-6-4-5-16(11-17)27-3)19-23-24-20(25(19)2)29-12-18(26)22-15-9-7-14(21)8-10-15/h4-11,13H,12H2,1-3H3,(H,22,26). The van der Waals surface area contributed by atoms with Gasteiger partial charge in [0.25, 0.3) is 0 Å². The predicted molar refractivity (Wildman–Crippen MR) is 117 cm³/mol. The van der Waals surface area contributed by atoms with E-state index >= 15 is 0 Å². The highest BCUT2D eigenvalue weighted by molar-refractivity contribution is 9.10. The Kier molecular flexibility index (Phi) is 7.16. The van der Waals surface area contributed by atoms with Crippen molar-refractivity contribution in [2.24, 2.45) is 7.05 Å². The first-order valence-electron chi connectivity index (χ1n) is 8.84. The van der Waals surface area contributed by atoms with E-state index in [1.807, 2.05) is 67.1 Å². The molecule has 0 spiro atoms. The number of hydrogen-bond donors (Lipinski definition) is 1. The molecule has 0 aliphatic heterocycles. The van der Waals surface area contributed by atoms with Crippen LogP contribution in [0.2, 0.25) is 0 Å². The number of nitrogens with zero attached hydrogens (tertiary/aromatic N) is 3. The van der Waals surface area contributed by atoms with E-state index in [4.69, 9.17) is 9.47 Å². The molecular formula is C20H21BrN4O3S. The zero-order valence-electron chi connectivity index (χ0n) is 16.3. The minimum atomic E-state index is -0.314. The van der Waals surface area contributed by atoms with E-state index in [2.05, 4.69) is 31.4 Å². The molecule has 0 aliphatic rings. The summed E-state index contributed by atoms with van der Waals surface area (Å²) in [5, 5.41) is 11.9. The van der Waals surface area contributed by atoms with E-state index in [1.54, 1.807) is 7.11 Å². The molecule has 1 unspecified atom stereocenters. The van der Waals surface area contributed by atoms with Gasteiger partial charge in [-0.3, -0.25) is 4.79 Å². The summed E-state index contributed by atoms with van der Waals surface area (Å²) in [6, 6.07) is 14.8. The van der Waals surface area contributed by atoms with Crippen molar-refractivity contribution in [3.63, 3.8) is 0 Å². The van der Waals surface area contributed by atoms with Crippen LogP contribution in [0.4, 0.5) is 5.69 Å². The fraction of sp³-hybridized carbons (Fsp3) is 0.250. The number of amides is 1. The molecule has 1 N–H and O–H groups in total. The molecule has 2 aromatic carbocycles. The average Bonchev–Trinajstić information content (AvgIpc) is 3.09. The van der Waals surface area contributed by atoms with Gasteiger partial charge in [0.15, 0.2) is 17.1 Å². The Labute approximate surface area is 181 Å². The first-order chi connectivity index (χ1) is 14.0. The molecule has 29 heavy (non-hydrogen) atoms. The predicted octanol–water partition coefficient (Wildman–Crippen LogP) is 4.46. The van der Waals surface area contributed by atoms with Gasteiger partial charge >= 0.3 is 0 Å². The molecule has 152 valence electrons. The zero-order chi connectivity index (χ0) is 20.8. The number of halogens is 1. The Balaban J connectivity index is 1.58. The van der Waals surface area contributed by atoms with Crippen LogP contribution < -0.4 is 14.8 Å². The summed E-state index contributed by atoms with van der Waals surface area (Å²) in [6.45, 7) is 1.90. The van der Waals surface area contributed by atoms with Gasteiger partial charge in [0.05, 0.1) is 12.9 Å². The summed E-state index contributed by atoms with van der Waals surface area (Å²) in [7, 11) is 3.47. The van der Waals surface area contributed by atoms with Gasteiger partial charge in [-0.2, -0.15) is 0 Å². The van der Waals surface area contributed by atoms with Crippen LogP contribution in [0.15, 0.2) is 58.2 Å². The second kappa shape index (κ2) is 9.80. The number of hydrogen-bond acceptors (Lipinski definition) is 6. The van der Waals surface area contributed by atoms with Crippen LogP contribution in [0.25, 0.3) is 0 Å². The van der Waals surface area contributed by atoms with Crippen molar-refractivity contribution < 1.29 is 14.3 Å². The molecule has 1 atom stereocenters. The molecule has 3 rings (SSSR count). The average molecular weight is 477 g/mol. The van der Waals surface area contributed by atoms with Gasteiger partial charge in [-0.25, -0.2) is 0 Å². The van der Waals surface area contributed by atoms with Gasteiger partial charge in [-0.15, -0.1) is 10.2 Å². The number of methoxy groups -OCH3 is 1. The van der Waals surface area contributed by atoms with Crippen LogP contribution in [0.3, 0.4) is 0 Å². The third-order valence-corrected chi connectivity index (χ3v) is 5.60. The van der Waals surface area contributed by atoms with Gasteiger partial charge in [0.2, 0.25) is 5.91 Å². The highest BCUT2D eigenvalue weighted by Crippen LogP contribution is 2.26. The van der Waals surface area contributed by atoms with Crippen molar-refractivity contribution in [3.05, 3.63) is 58.8 Å². The molecule has 1 heterocycles. The highest BCUT2D eigenvalue weighted by Gasteiger charge is 2.18. The fourth-order valence-corrected chi connectivity index (χ4v) is 3.58. The van der Waals surface area contributed by atoms with Crippen LogP contribution in [0.5, 0.6) is 11.5 Å². The molecule has 7 nitrogen and oxygen atoms in total. The minimum absolute atomic E-state index is 0.109. The molecule has 1 aromatic heterocycles. The highest BCUT2D eigenvalue weighted by atomic mass is 79.9. The van der Waals surface area contributed by atoms with Crippen LogP contribution in [0, 0.1) is 0 Å². The summed E-state index contributed by atoms with van der Waals surface area (Å²) < 4.78 is 14.0. The van der Waals surface area contributed by atoms with Gasteiger partial charge in [-0.1, -0.05) is 33.8 Å². The summed E-state index contributed by atoms with van der Waals surface area (Å²) >= 11 is 4.69. The third-order valence-electron chi connectivity index (χ3n) is 4.05. The molecule has 0 bridgehead atoms. The zero-order valence-corrected chi connectivity index (χ0v) is 18.7. The first-order valence-corrected chi connectivity index (χ1v) is 10.6. The Morgan fingerprint density at radius 2 is 1.93 bits per heavy atom. The van der Waals surface area contributed by atoms with Crippen molar-refractivity contribution in [3.8, 4) is 11.5 Å². The van der Waals surface area contributed by atoms with Crippen molar-refractivity contribution in [2.45, 2.75) is 18.2 Å². The summed E-state index contributed by atoms with van der Waals surface area (Å²) in [6.07, 6.45) is -0.314. The lowest BCUT2D eigenvalue weighted by atomic mass is 10.3. The van der Waals surface area contributed by atoms with Gasteiger partial charge < -0.3 is 19.4 Å². The van der Waals surface area contributed by atoms with Crippen molar-refractivity contribution >= 4 is 39.3 Å². The lowest BCUT2D eigenvalue weighted by molar-refractivity contribution is -0.113. The Bertz CT molecular complexity index is 978. The molecular weight excluding hydrogens is 456 g/mol. The number of carbonyl (C=O) groups excluding carboxylic acids is 1. The van der Waals surface area contributed by atoms with Crippen LogP contribution in [0.1, 0.15) is 18.9 Å². The normalized spacial score (nSPS) is 11.7. The lowest BCUT2D eigenvalue weighted by Crippen LogP contribution is -2.14. The van der Waals surface area contributed by atoms with E-state index in [9.17, 15) is 4.79 Å². The monoisotopic (exact) mass is 476 g/mol. The number of aromatic nitrogens is 3. The molecule has 0 saturated carbocycles. The number of rotatable bonds is 8. The van der Waals surface area contributed by atoms with Crippen LogP contribution in [-0.4, -0.2) is 33.5 Å². The van der Waals surface area contributed by atoms with E-state index in [0.717, 1.165) is 15.9 Å². The van der Waals surface area contributed by atoms with E-state index in [1.165, 1.54) is 11.8 Å². The molecule has 0 radical (unpaired) electrons. The summed E-state index contributed by atoms with van der Waals surface area (Å²) in [4.78, 5) is 12.2. The maximum atomic E-state index is 12.2. The quantitative estimate of drug-likeness (QED) is 0.483. The Morgan fingerprint density at radius 1 is 1.21 bits per heavy atom. The maximum absolute atomic E-state index is 12.2. The van der Waals surface area contributed by atoms with Crippen LogP contribution >= 0.6 is 27.7 Å². The molecule has 0 aliphatic carbocycles. The summed E-state index contributed by atoms with van der Waals surface area (Å²) in [5.41, 5.74) is 0.748. The number of thioether (sulfide) groups is 1. The van der Waals surface area contributed by atoms with E-state index < -0.39 is 0 Å². The second-order valence-electron chi connectivity index (χ2n) is 6.18. The number of carbonyl (C=O) groups is 1. The fourth-order valence-electron chi connectivity index (χ4n) is 2.60. The lowest BCUT2D eigenvalue weighted by Gasteiger charge is -2.14. The van der Waals surface area contributed by atoms with Gasteiger partial charge in [0, 0.05) is 23.3 Å². The molecule has 0 fully saturated rings. The van der Waals surface area contributed by atoms with Crippen molar-refractivity contribution in [1.82, 2.24) is 14.8 Å². The SMILES string of the molecule is COc1cccc(OC(C)c2nnc(SCC(=O)Nc3ccc(Br)cc3)n2C)c1. The van der Waals surface area contributed by atoms with Gasteiger partial charge in [0.1, 0.15) is 11.5 Å². The first kappa shape index (κ1) is 21.2.